The summed E-state index contributed by atoms with van der Waals surface area (Å²) in [6.45, 7) is 9.23. The summed E-state index contributed by atoms with van der Waals surface area (Å²) in [4.78, 5) is 24.6. The fourth-order valence-corrected chi connectivity index (χ4v) is 1.76. The highest BCUT2D eigenvalue weighted by Gasteiger charge is 2.37. The first kappa shape index (κ1) is 14.9. The van der Waals surface area contributed by atoms with Crippen LogP contribution < -0.4 is 0 Å². The van der Waals surface area contributed by atoms with Gasteiger partial charge >= 0.3 is 5.97 Å². The van der Waals surface area contributed by atoms with Gasteiger partial charge in [0.05, 0.1) is 0 Å². The van der Waals surface area contributed by atoms with Gasteiger partial charge in [0.1, 0.15) is 5.54 Å². The molecule has 1 N–H and O–H groups in total. The molecule has 0 aromatic carbocycles. The predicted molar refractivity (Wildman–Crippen MR) is 63.2 cm³/mol. The van der Waals surface area contributed by atoms with E-state index in [9.17, 15) is 9.59 Å². The summed E-state index contributed by atoms with van der Waals surface area (Å²) < 4.78 is 0. The number of hydrogen-bond acceptors (Lipinski definition) is 2. The molecular formula is C12H23NO3. The molecule has 0 saturated carbocycles. The molecule has 1 atom stereocenters. The van der Waals surface area contributed by atoms with Crippen molar-refractivity contribution < 1.29 is 14.7 Å². The third kappa shape index (κ3) is 3.22. The number of carbonyl (C=O) groups excluding carboxylic acids is 1. The van der Waals surface area contributed by atoms with Gasteiger partial charge in [-0.3, -0.25) is 4.79 Å². The van der Waals surface area contributed by atoms with Crippen LogP contribution in [0.3, 0.4) is 0 Å². The Kier molecular flexibility index (Phi) is 5.48. The van der Waals surface area contributed by atoms with E-state index in [1.165, 1.54) is 4.90 Å². The Balaban J connectivity index is 4.86. The van der Waals surface area contributed by atoms with Crippen molar-refractivity contribution in [3.8, 4) is 0 Å². The van der Waals surface area contributed by atoms with E-state index in [2.05, 4.69) is 0 Å². The van der Waals surface area contributed by atoms with Crippen molar-refractivity contribution in [3.63, 3.8) is 0 Å². The molecule has 16 heavy (non-hydrogen) atoms. The summed E-state index contributed by atoms with van der Waals surface area (Å²) in [5.74, 6) is -1.15. The molecule has 1 amide bonds. The lowest BCUT2D eigenvalue weighted by Crippen LogP contribution is -2.54. The van der Waals surface area contributed by atoms with Crippen molar-refractivity contribution in [2.24, 2.45) is 5.92 Å². The van der Waals surface area contributed by atoms with Crippen molar-refractivity contribution in [2.45, 2.75) is 53.0 Å². The SMILES string of the molecule is CCCC(C)C(=O)N(CC)C(C)(C)C(=O)O. The Morgan fingerprint density at radius 1 is 1.31 bits per heavy atom. The van der Waals surface area contributed by atoms with E-state index in [1.807, 2.05) is 13.8 Å². The molecule has 4 nitrogen and oxygen atoms in total. The van der Waals surface area contributed by atoms with Crippen LogP contribution in [-0.4, -0.2) is 34.0 Å². The summed E-state index contributed by atoms with van der Waals surface area (Å²) in [6.07, 6.45) is 1.73. The van der Waals surface area contributed by atoms with Gasteiger partial charge in [-0.25, -0.2) is 4.79 Å². The molecule has 0 saturated heterocycles. The molecule has 0 aliphatic carbocycles. The summed E-state index contributed by atoms with van der Waals surface area (Å²) in [5.41, 5.74) is -1.13. The number of hydrogen-bond donors (Lipinski definition) is 1. The zero-order valence-electron chi connectivity index (χ0n) is 10.9. The molecule has 0 radical (unpaired) electrons. The third-order valence-electron chi connectivity index (χ3n) is 2.92. The normalized spacial score (nSPS) is 13.3. The number of carboxylic acids is 1. The molecule has 4 heteroatoms. The van der Waals surface area contributed by atoms with Crippen LogP contribution in [-0.2, 0) is 9.59 Å². The van der Waals surface area contributed by atoms with Crippen molar-refractivity contribution in [1.82, 2.24) is 4.90 Å². The molecule has 0 rings (SSSR count). The standard InChI is InChI=1S/C12H23NO3/c1-6-8-9(3)10(14)13(7-2)12(4,5)11(15)16/h9H,6-8H2,1-5H3,(H,15,16). The van der Waals surface area contributed by atoms with Gasteiger partial charge in [-0.05, 0) is 27.2 Å². The zero-order valence-corrected chi connectivity index (χ0v) is 10.9. The Hall–Kier alpha value is -1.06. The molecular weight excluding hydrogens is 206 g/mol. The smallest absolute Gasteiger partial charge is 0.329 e. The number of aliphatic carboxylic acids is 1. The molecule has 0 aliphatic rings. The van der Waals surface area contributed by atoms with Gasteiger partial charge in [-0.1, -0.05) is 20.3 Å². The lowest BCUT2D eigenvalue weighted by Gasteiger charge is -2.36. The summed E-state index contributed by atoms with van der Waals surface area (Å²) in [6, 6.07) is 0. The van der Waals surface area contributed by atoms with E-state index in [4.69, 9.17) is 5.11 Å². The fraction of sp³-hybridized carbons (Fsp3) is 0.833. The predicted octanol–water partition coefficient (Wildman–Crippen LogP) is 2.13. The van der Waals surface area contributed by atoms with E-state index in [0.29, 0.717) is 6.54 Å². The average Bonchev–Trinajstić information content (AvgIpc) is 2.18. The third-order valence-corrected chi connectivity index (χ3v) is 2.92. The van der Waals surface area contributed by atoms with Crippen LogP contribution in [0.5, 0.6) is 0 Å². The minimum Gasteiger partial charge on any atom is -0.480 e. The summed E-state index contributed by atoms with van der Waals surface area (Å²) in [7, 11) is 0. The van der Waals surface area contributed by atoms with Crippen molar-refractivity contribution in [3.05, 3.63) is 0 Å². The molecule has 0 aromatic rings. The molecule has 0 aliphatic heterocycles. The van der Waals surface area contributed by atoms with Gasteiger partial charge in [0.15, 0.2) is 0 Å². The van der Waals surface area contributed by atoms with Gasteiger partial charge in [0.2, 0.25) is 5.91 Å². The molecule has 0 fully saturated rings. The van der Waals surface area contributed by atoms with Gasteiger partial charge < -0.3 is 10.0 Å². The molecule has 1 unspecified atom stereocenters. The van der Waals surface area contributed by atoms with E-state index in [0.717, 1.165) is 12.8 Å². The number of carbonyl (C=O) groups is 2. The van der Waals surface area contributed by atoms with E-state index >= 15 is 0 Å². The van der Waals surface area contributed by atoms with Crippen molar-refractivity contribution in [1.29, 1.82) is 0 Å². The second-order valence-corrected chi connectivity index (χ2v) is 4.64. The fourth-order valence-electron chi connectivity index (χ4n) is 1.76. The average molecular weight is 229 g/mol. The lowest BCUT2D eigenvalue weighted by atomic mass is 9.98. The zero-order chi connectivity index (χ0) is 12.9. The first-order valence-electron chi connectivity index (χ1n) is 5.83. The minimum absolute atomic E-state index is 0.0725. The van der Waals surface area contributed by atoms with Crippen LogP contribution in [0.4, 0.5) is 0 Å². The van der Waals surface area contributed by atoms with Gasteiger partial charge in [0.25, 0.3) is 0 Å². The van der Waals surface area contributed by atoms with Gasteiger partial charge in [-0.2, -0.15) is 0 Å². The number of amides is 1. The number of nitrogens with zero attached hydrogens (tertiary/aromatic N) is 1. The first-order chi connectivity index (χ1) is 7.28. The largest absolute Gasteiger partial charge is 0.480 e. The number of likely N-dealkylation sites (N-methyl/N-ethyl adjacent to an activating group) is 1. The maximum absolute atomic E-state index is 12.1. The highest BCUT2D eigenvalue weighted by molar-refractivity contribution is 5.87. The quantitative estimate of drug-likeness (QED) is 0.759. The Morgan fingerprint density at radius 3 is 2.12 bits per heavy atom. The molecule has 0 heterocycles. The number of carboxylic acid groups (broad SMARTS) is 1. The van der Waals surface area contributed by atoms with Crippen molar-refractivity contribution >= 4 is 11.9 Å². The lowest BCUT2D eigenvalue weighted by molar-refractivity contribution is -0.158. The van der Waals surface area contributed by atoms with E-state index < -0.39 is 11.5 Å². The van der Waals surface area contributed by atoms with Gasteiger partial charge in [0, 0.05) is 12.5 Å². The molecule has 94 valence electrons. The highest BCUT2D eigenvalue weighted by Crippen LogP contribution is 2.19. The van der Waals surface area contributed by atoms with E-state index in [-0.39, 0.29) is 11.8 Å². The molecule has 0 aromatic heterocycles. The second kappa shape index (κ2) is 5.87. The molecule has 0 bridgehead atoms. The second-order valence-electron chi connectivity index (χ2n) is 4.64. The Labute approximate surface area is 97.6 Å². The highest BCUT2D eigenvalue weighted by atomic mass is 16.4. The molecule has 0 spiro atoms. The first-order valence-corrected chi connectivity index (χ1v) is 5.83. The Morgan fingerprint density at radius 2 is 1.81 bits per heavy atom. The van der Waals surface area contributed by atoms with Crippen LogP contribution >= 0.6 is 0 Å². The monoisotopic (exact) mass is 229 g/mol. The van der Waals surface area contributed by atoms with Crippen LogP contribution in [0.2, 0.25) is 0 Å². The van der Waals surface area contributed by atoms with Crippen LogP contribution in [0.25, 0.3) is 0 Å². The number of rotatable bonds is 6. The topological polar surface area (TPSA) is 57.6 Å². The van der Waals surface area contributed by atoms with Crippen molar-refractivity contribution in [2.75, 3.05) is 6.54 Å². The van der Waals surface area contributed by atoms with E-state index in [1.54, 1.807) is 20.8 Å². The van der Waals surface area contributed by atoms with Crippen LogP contribution in [0.1, 0.15) is 47.5 Å². The summed E-state index contributed by atoms with van der Waals surface area (Å²) in [5, 5.41) is 9.11. The maximum Gasteiger partial charge on any atom is 0.329 e. The summed E-state index contributed by atoms with van der Waals surface area (Å²) >= 11 is 0. The van der Waals surface area contributed by atoms with Crippen LogP contribution in [0.15, 0.2) is 0 Å². The maximum atomic E-state index is 12.1. The van der Waals surface area contributed by atoms with Gasteiger partial charge in [-0.15, -0.1) is 0 Å². The minimum atomic E-state index is -1.13. The Bertz CT molecular complexity index is 261. The van der Waals surface area contributed by atoms with Crippen LogP contribution in [0, 0.1) is 5.92 Å².